The standard InChI is InChI=1S/C15H22F2N2O4S/c1-4-23-9-5-8-18-15(20)11(2)19(24(3,21)22)12-6-7-13(16)14(17)10-12/h6-7,10-11H,4-5,8-9H2,1-3H3,(H,18,20)/t11-/m1/s1. The summed E-state index contributed by atoms with van der Waals surface area (Å²) < 4.78 is 56.3. The van der Waals surface area contributed by atoms with Crippen LogP contribution < -0.4 is 9.62 Å². The van der Waals surface area contributed by atoms with Crippen molar-refractivity contribution in [2.75, 3.05) is 30.3 Å². The number of ether oxygens (including phenoxy) is 1. The predicted molar refractivity (Wildman–Crippen MR) is 87.3 cm³/mol. The van der Waals surface area contributed by atoms with Crippen molar-refractivity contribution in [1.29, 1.82) is 0 Å². The van der Waals surface area contributed by atoms with Crippen molar-refractivity contribution in [2.24, 2.45) is 0 Å². The molecule has 1 amide bonds. The Bertz CT molecular complexity index is 667. The summed E-state index contributed by atoms with van der Waals surface area (Å²) in [4.78, 5) is 12.2. The van der Waals surface area contributed by atoms with E-state index < -0.39 is 33.6 Å². The molecule has 1 aromatic rings. The summed E-state index contributed by atoms with van der Waals surface area (Å²) in [6.07, 6.45) is 1.48. The fraction of sp³-hybridized carbons (Fsp3) is 0.533. The molecular formula is C15H22F2N2O4S. The first-order valence-corrected chi connectivity index (χ1v) is 9.33. The molecule has 24 heavy (non-hydrogen) atoms. The summed E-state index contributed by atoms with van der Waals surface area (Å²) in [7, 11) is -3.87. The largest absolute Gasteiger partial charge is 0.382 e. The van der Waals surface area contributed by atoms with E-state index in [0.717, 1.165) is 28.8 Å². The van der Waals surface area contributed by atoms with Gasteiger partial charge in [0.25, 0.3) is 0 Å². The van der Waals surface area contributed by atoms with Crippen LogP contribution in [0.4, 0.5) is 14.5 Å². The van der Waals surface area contributed by atoms with E-state index in [4.69, 9.17) is 4.74 Å². The zero-order valence-corrected chi connectivity index (χ0v) is 14.7. The van der Waals surface area contributed by atoms with E-state index in [-0.39, 0.29) is 5.69 Å². The van der Waals surface area contributed by atoms with Gasteiger partial charge in [-0.05, 0) is 32.4 Å². The highest BCUT2D eigenvalue weighted by Crippen LogP contribution is 2.23. The number of carbonyl (C=O) groups is 1. The molecule has 1 rings (SSSR count). The third kappa shape index (κ3) is 5.72. The van der Waals surface area contributed by atoms with Gasteiger partial charge in [-0.3, -0.25) is 9.10 Å². The summed E-state index contributed by atoms with van der Waals surface area (Å²) in [5.41, 5.74) is -0.117. The average molecular weight is 364 g/mol. The van der Waals surface area contributed by atoms with Gasteiger partial charge in [0, 0.05) is 25.8 Å². The Labute approximate surface area is 140 Å². The van der Waals surface area contributed by atoms with Gasteiger partial charge in [-0.15, -0.1) is 0 Å². The summed E-state index contributed by atoms with van der Waals surface area (Å²) in [6.45, 7) is 4.59. The molecule has 0 aliphatic rings. The van der Waals surface area contributed by atoms with Gasteiger partial charge in [0.1, 0.15) is 6.04 Å². The van der Waals surface area contributed by atoms with Crippen LogP contribution in [0.25, 0.3) is 0 Å². The minimum atomic E-state index is -3.87. The molecule has 9 heteroatoms. The number of anilines is 1. The minimum absolute atomic E-state index is 0.117. The molecule has 0 fully saturated rings. The van der Waals surface area contributed by atoms with E-state index >= 15 is 0 Å². The van der Waals surface area contributed by atoms with Gasteiger partial charge in [-0.2, -0.15) is 0 Å². The maximum atomic E-state index is 13.4. The van der Waals surface area contributed by atoms with Crippen LogP contribution >= 0.6 is 0 Å². The SMILES string of the molecule is CCOCCCNC(=O)[C@@H](C)N(c1ccc(F)c(F)c1)S(C)(=O)=O. The molecule has 0 aliphatic carbocycles. The number of nitrogens with zero attached hydrogens (tertiary/aromatic N) is 1. The van der Waals surface area contributed by atoms with Crippen molar-refractivity contribution < 1.29 is 26.7 Å². The molecule has 1 atom stereocenters. The van der Waals surface area contributed by atoms with Crippen molar-refractivity contribution >= 4 is 21.6 Å². The summed E-state index contributed by atoms with van der Waals surface area (Å²) in [5, 5.41) is 2.60. The lowest BCUT2D eigenvalue weighted by Crippen LogP contribution is -2.48. The molecule has 0 heterocycles. The maximum Gasteiger partial charge on any atom is 0.243 e. The molecule has 136 valence electrons. The van der Waals surface area contributed by atoms with Gasteiger partial charge in [0.05, 0.1) is 11.9 Å². The molecular weight excluding hydrogens is 342 g/mol. The quantitative estimate of drug-likeness (QED) is 0.676. The van der Waals surface area contributed by atoms with E-state index in [2.05, 4.69) is 5.32 Å². The van der Waals surface area contributed by atoms with Crippen molar-refractivity contribution in [3.8, 4) is 0 Å². The number of carbonyl (C=O) groups excluding carboxylic acids is 1. The number of hydrogen-bond donors (Lipinski definition) is 1. The van der Waals surface area contributed by atoms with Crippen molar-refractivity contribution in [3.63, 3.8) is 0 Å². The van der Waals surface area contributed by atoms with Gasteiger partial charge in [-0.25, -0.2) is 17.2 Å². The van der Waals surface area contributed by atoms with Crippen LogP contribution in [-0.4, -0.2) is 46.4 Å². The van der Waals surface area contributed by atoms with Crippen molar-refractivity contribution in [2.45, 2.75) is 26.3 Å². The Morgan fingerprint density at radius 2 is 2.00 bits per heavy atom. The highest BCUT2D eigenvalue weighted by atomic mass is 32.2. The van der Waals surface area contributed by atoms with E-state index in [9.17, 15) is 22.0 Å². The van der Waals surface area contributed by atoms with Crippen LogP contribution in [0.1, 0.15) is 20.3 Å². The Balaban J connectivity index is 2.88. The number of amides is 1. The van der Waals surface area contributed by atoms with Crippen LogP contribution in [0, 0.1) is 11.6 Å². The van der Waals surface area contributed by atoms with Gasteiger partial charge in [0.2, 0.25) is 15.9 Å². The molecule has 0 bridgehead atoms. The molecule has 0 aliphatic heterocycles. The number of hydrogen-bond acceptors (Lipinski definition) is 4. The topological polar surface area (TPSA) is 75.7 Å². The molecule has 0 radical (unpaired) electrons. The average Bonchev–Trinajstić information content (AvgIpc) is 2.49. The monoisotopic (exact) mass is 364 g/mol. The fourth-order valence-electron chi connectivity index (χ4n) is 2.11. The van der Waals surface area contributed by atoms with E-state index in [1.165, 1.54) is 6.92 Å². The van der Waals surface area contributed by atoms with Crippen molar-refractivity contribution in [3.05, 3.63) is 29.8 Å². The van der Waals surface area contributed by atoms with Crippen LogP contribution in [0.5, 0.6) is 0 Å². The number of halogens is 2. The molecule has 0 saturated carbocycles. The smallest absolute Gasteiger partial charge is 0.243 e. The Hall–Kier alpha value is -1.74. The number of nitrogens with one attached hydrogen (secondary N) is 1. The Morgan fingerprint density at radius 3 is 2.54 bits per heavy atom. The van der Waals surface area contributed by atoms with Gasteiger partial charge < -0.3 is 10.1 Å². The number of benzene rings is 1. The second-order valence-corrected chi connectivity index (χ2v) is 7.03. The molecule has 6 nitrogen and oxygen atoms in total. The lowest BCUT2D eigenvalue weighted by molar-refractivity contribution is -0.121. The molecule has 0 spiro atoms. The first kappa shape index (κ1) is 20.3. The van der Waals surface area contributed by atoms with Gasteiger partial charge in [0.15, 0.2) is 11.6 Å². The summed E-state index contributed by atoms with van der Waals surface area (Å²) in [5.74, 6) is -2.83. The number of sulfonamides is 1. The minimum Gasteiger partial charge on any atom is -0.382 e. The molecule has 0 saturated heterocycles. The normalized spacial score (nSPS) is 12.7. The zero-order valence-electron chi connectivity index (χ0n) is 13.9. The van der Waals surface area contributed by atoms with Gasteiger partial charge in [-0.1, -0.05) is 0 Å². The zero-order chi connectivity index (χ0) is 18.3. The second-order valence-electron chi connectivity index (χ2n) is 5.17. The first-order valence-electron chi connectivity index (χ1n) is 7.48. The van der Waals surface area contributed by atoms with Crippen LogP contribution in [0.2, 0.25) is 0 Å². The van der Waals surface area contributed by atoms with E-state index in [1.54, 1.807) is 0 Å². The predicted octanol–water partition coefficient (Wildman–Crippen LogP) is 1.66. The molecule has 0 aromatic heterocycles. The lowest BCUT2D eigenvalue weighted by atomic mass is 10.2. The number of rotatable bonds is 9. The second kappa shape index (κ2) is 8.93. The first-order chi connectivity index (χ1) is 11.2. The van der Waals surface area contributed by atoms with E-state index in [0.29, 0.717) is 26.2 Å². The molecule has 0 unspecified atom stereocenters. The highest BCUT2D eigenvalue weighted by Gasteiger charge is 2.29. The summed E-state index contributed by atoms with van der Waals surface area (Å²) >= 11 is 0. The molecule has 1 aromatic carbocycles. The maximum absolute atomic E-state index is 13.4. The van der Waals surface area contributed by atoms with Crippen LogP contribution in [0.15, 0.2) is 18.2 Å². The highest BCUT2D eigenvalue weighted by molar-refractivity contribution is 7.92. The summed E-state index contributed by atoms with van der Waals surface area (Å²) in [6, 6.07) is 1.56. The van der Waals surface area contributed by atoms with Crippen LogP contribution in [0.3, 0.4) is 0 Å². The van der Waals surface area contributed by atoms with E-state index in [1.807, 2.05) is 6.92 Å². The van der Waals surface area contributed by atoms with Crippen molar-refractivity contribution in [1.82, 2.24) is 5.32 Å². The molecule has 1 N–H and O–H groups in total. The lowest BCUT2D eigenvalue weighted by Gasteiger charge is -2.28. The van der Waals surface area contributed by atoms with Gasteiger partial charge >= 0.3 is 0 Å². The third-order valence-corrected chi connectivity index (χ3v) is 4.46. The Kier molecular flexibility index (Phi) is 7.56. The Morgan fingerprint density at radius 1 is 1.33 bits per heavy atom. The third-order valence-electron chi connectivity index (χ3n) is 3.21. The van der Waals surface area contributed by atoms with Crippen LogP contribution in [-0.2, 0) is 19.6 Å². The fourth-order valence-corrected chi connectivity index (χ4v) is 3.28.